The first-order valence-corrected chi connectivity index (χ1v) is 7.82. The maximum atomic E-state index is 13.2. The van der Waals surface area contributed by atoms with Crippen LogP contribution in [0.5, 0.6) is 0 Å². The van der Waals surface area contributed by atoms with Crippen LogP contribution in [0.15, 0.2) is 30.0 Å². The van der Waals surface area contributed by atoms with Crippen molar-refractivity contribution in [1.29, 1.82) is 0 Å². The number of carbonyl (C=O) groups excluding carboxylic acids is 2. The van der Waals surface area contributed by atoms with E-state index in [1.807, 2.05) is 0 Å². The normalized spacial score (nSPS) is 21.0. The second kappa shape index (κ2) is 6.58. The van der Waals surface area contributed by atoms with Gasteiger partial charge in [0.05, 0.1) is 23.5 Å². The van der Waals surface area contributed by atoms with Gasteiger partial charge in [0.2, 0.25) is 5.91 Å². The zero-order chi connectivity index (χ0) is 16.4. The van der Waals surface area contributed by atoms with Crippen molar-refractivity contribution in [1.82, 2.24) is 5.32 Å². The Morgan fingerprint density at radius 1 is 1.43 bits per heavy atom. The van der Waals surface area contributed by atoms with E-state index < -0.39 is 11.9 Å². The number of halogens is 2. The molecule has 1 aromatic rings. The summed E-state index contributed by atoms with van der Waals surface area (Å²) < 4.78 is 18.4. The summed E-state index contributed by atoms with van der Waals surface area (Å²) in [5, 5.41) is 2.70. The summed E-state index contributed by atoms with van der Waals surface area (Å²) in [5.74, 6) is -1.03. The lowest BCUT2D eigenvalue weighted by atomic mass is 10.1. The van der Waals surface area contributed by atoms with E-state index in [2.05, 4.69) is 5.32 Å². The van der Waals surface area contributed by atoms with Crippen LogP contribution >= 0.6 is 11.6 Å². The highest BCUT2D eigenvalue weighted by Crippen LogP contribution is 2.26. The third-order valence-corrected chi connectivity index (χ3v) is 4.24. The molecule has 2 aliphatic heterocycles. The molecule has 2 aliphatic rings. The highest BCUT2D eigenvalue weighted by molar-refractivity contribution is 6.31. The smallest absolute Gasteiger partial charge is 0.250 e. The summed E-state index contributed by atoms with van der Waals surface area (Å²) in [6.07, 6.45) is 3.38. The molecule has 0 aromatic heterocycles. The predicted octanol–water partition coefficient (Wildman–Crippen LogP) is 2.39. The molecule has 1 atom stereocenters. The third kappa shape index (κ3) is 3.32. The van der Waals surface area contributed by atoms with Crippen LogP contribution in [0.1, 0.15) is 19.3 Å². The van der Waals surface area contributed by atoms with Crippen LogP contribution < -0.4 is 10.2 Å². The van der Waals surface area contributed by atoms with Crippen molar-refractivity contribution in [2.45, 2.75) is 25.3 Å². The molecule has 1 N–H and O–H groups in total. The quantitative estimate of drug-likeness (QED) is 0.920. The zero-order valence-corrected chi connectivity index (χ0v) is 13.1. The van der Waals surface area contributed by atoms with Crippen LogP contribution in [0.2, 0.25) is 5.02 Å². The summed E-state index contributed by atoms with van der Waals surface area (Å²) in [6.45, 7) is 1.06. The number of rotatable bonds is 3. The van der Waals surface area contributed by atoms with E-state index in [0.717, 1.165) is 6.42 Å². The molecule has 2 heterocycles. The van der Waals surface area contributed by atoms with Crippen LogP contribution in [0.25, 0.3) is 0 Å². The molecule has 1 fully saturated rings. The lowest BCUT2D eigenvalue weighted by Crippen LogP contribution is -2.42. The zero-order valence-electron chi connectivity index (χ0n) is 12.4. The Morgan fingerprint density at radius 2 is 2.26 bits per heavy atom. The predicted molar refractivity (Wildman–Crippen MR) is 83.6 cm³/mol. The van der Waals surface area contributed by atoms with Crippen molar-refractivity contribution in [3.05, 3.63) is 40.9 Å². The largest absolute Gasteiger partial charge is 0.501 e. The lowest BCUT2D eigenvalue weighted by molar-refractivity contribution is -0.124. The number of nitrogens with zero attached hydrogens (tertiary/aromatic N) is 1. The van der Waals surface area contributed by atoms with Gasteiger partial charge in [-0.1, -0.05) is 11.6 Å². The van der Waals surface area contributed by atoms with E-state index in [1.54, 1.807) is 0 Å². The lowest BCUT2D eigenvalue weighted by Gasteiger charge is -2.19. The van der Waals surface area contributed by atoms with Crippen LogP contribution in [0.4, 0.5) is 10.1 Å². The Balaban J connectivity index is 1.67. The van der Waals surface area contributed by atoms with Gasteiger partial charge in [0.1, 0.15) is 11.9 Å². The molecular formula is C16H16ClFN2O3. The molecule has 7 heteroatoms. The fraction of sp³-hybridized carbons (Fsp3) is 0.375. The van der Waals surface area contributed by atoms with Gasteiger partial charge in [-0.2, -0.15) is 0 Å². The average molecular weight is 339 g/mol. The fourth-order valence-corrected chi connectivity index (χ4v) is 2.88. The summed E-state index contributed by atoms with van der Waals surface area (Å²) in [6, 6.07) is 3.55. The Morgan fingerprint density at radius 3 is 2.96 bits per heavy atom. The number of anilines is 1. The van der Waals surface area contributed by atoms with E-state index in [0.29, 0.717) is 37.3 Å². The average Bonchev–Trinajstić information content (AvgIpc) is 2.92. The molecule has 5 nitrogen and oxygen atoms in total. The van der Waals surface area contributed by atoms with Gasteiger partial charge in [0.25, 0.3) is 5.91 Å². The number of hydrogen-bond acceptors (Lipinski definition) is 3. The van der Waals surface area contributed by atoms with Gasteiger partial charge in [-0.25, -0.2) is 4.39 Å². The summed E-state index contributed by atoms with van der Waals surface area (Å²) >= 11 is 5.76. The Hall–Kier alpha value is -2.08. The molecule has 0 unspecified atom stereocenters. The van der Waals surface area contributed by atoms with E-state index in [1.165, 1.54) is 29.4 Å². The second-order valence-electron chi connectivity index (χ2n) is 5.52. The number of carbonyl (C=O) groups is 2. The minimum absolute atomic E-state index is 0.0349. The van der Waals surface area contributed by atoms with Crippen molar-refractivity contribution >= 4 is 29.1 Å². The summed E-state index contributed by atoms with van der Waals surface area (Å²) in [4.78, 5) is 26.1. The highest BCUT2D eigenvalue weighted by atomic mass is 35.5. The number of nitrogens with one attached hydrogen (secondary N) is 1. The monoisotopic (exact) mass is 338 g/mol. The molecule has 0 spiro atoms. The van der Waals surface area contributed by atoms with E-state index in [-0.39, 0.29) is 16.8 Å². The second-order valence-corrected chi connectivity index (χ2v) is 5.93. The highest BCUT2D eigenvalue weighted by Gasteiger charge is 2.34. The molecule has 0 radical (unpaired) electrons. The first kappa shape index (κ1) is 15.8. The van der Waals surface area contributed by atoms with Crippen LogP contribution in [0, 0.1) is 5.82 Å². The van der Waals surface area contributed by atoms with Gasteiger partial charge in [-0.15, -0.1) is 0 Å². The van der Waals surface area contributed by atoms with Crippen molar-refractivity contribution in [3.8, 4) is 0 Å². The Bertz CT molecular complexity index is 677. The van der Waals surface area contributed by atoms with Gasteiger partial charge >= 0.3 is 0 Å². The Labute approximate surface area is 138 Å². The van der Waals surface area contributed by atoms with Gasteiger partial charge in [0, 0.05) is 12.2 Å². The first-order chi connectivity index (χ1) is 11.1. The van der Waals surface area contributed by atoms with Crippen LogP contribution in [-0.2, 0) is 14.3 Å². The molecule has 0 aliphatic carbocycles. The van der Waals surface area contributed by atoms with E-state index >= 15 is 0 Å². The van der Waals surface area contributed by atoms with Gasteiger partial charge in [-0.05, 0) is 37.5 Å². The number of amides is 2. The third-order valence-electron chi connectivity index (χ3n) is 3.95. The molecule has 1 aromatic carbocycles. The van der Waals surface area contributed by atoms with Gasteiger partial charge < -0.3 is 15.0 Å². The van der Waals surface area contributed by atoms with Crippen molar-refractivity contribution in [2.24, 2.45) is 0 Å². The molecular weight excluding hydrogens is 323 g/mol. The standard InChI is InChI=1S/C16H16ClFN2O3/c17-12-8-11(3-4-13(12)18)20-6-5-14(16(20)22)19-15(21)10-2-1-7-23-9-10/h3-4,8-9,14H,1-2,5-7H2,(H,19,21)/t14-/m1/s1. The first-order valence-electron chi connectivity index (χ1n) is 7.44. The minimum Gasteiger partial charge on any atom is -0.501 e. The van der Waals surface area contributed by atoms with Crippen LogP contribution in [-0.4, -0.2) is 31.0 Å². The molecule has 3 rings (SSSR count). The number of ether oxygens (including phenoxy) is 1. The number of benzene rings is 1. The number of hydrogen-bond donors (Lipinski definition) is 1. The summed E-state index contributed by atoms with van der Waals surface area (Å²) in [7, 11) is 0. The molecule has 2 amide bonds. The molecule has 122 valence electrons. The van der Waals surface area contributed by atoms with E-state index in [4.69, 9.17) is 16.3 Å². The minimum atomic E-state index is -0.589. The van der Waals surface area contributed by atoms with E-state index in [9.17, 15) is 14.0 Å². The summed E-state index contributed by atoms with van der Waals surface area (Å²) in [5.41, 5.74) is 1.07. The van der Waals surface area contributed by atoms with Gasteiger partial charge in [0.15, 0.2) is 0 Å². The van der Waals surface area contributed by atoms with Crippen molar-refractivity contribution < 1.29 is 18.7 Å². The maximum absolute atomic E-state index is 13.2. The molecule has 0 bridgehead atoms. The molecule has 1 saturated heterocycles. The molecule has 0 saturated carbocycles. The fourth-order valence-electron chi connectivity index (χ4n) is 2.71. The van der Waals surface area contributed by atoms with Gasteiger partial charge in [-0.3, -0.25) is 9.59 Å². The van der Waals surface area contributed by atoms with Crippen molar-refractivity contribution in [3.63, 3.8) is 0 Å². The van der Waals surface area contributed by atoms with Crippen LogP contribution in [0.3, 0.4) is 0 Å². The maximum Gasteiger partial charge on any atom is 0.250 e. The Kier molecular flexibility index (Phi) is 4.52. The van der Waals surface area contributed by atoms with Crippen molar-refractivity contribution in [2.75, 3.05) is 18.1 Å². The SMILES string of the molecule is O=C(N[C@@H]1CCN(c2ccc(F)c(Cl)c2)C1=O)C1=COCCC1. The topological polar surface area (TPSA) is 58.6 Å². The molecule has 23 heavy (non-hydrogen) atoms.